The van der Waals surface area contributed by atoms with E-state index in [0.29, 0.717) is 17.0 Å². The molecule has 1 aromatic heterocycles. The van der Waals surface area contributed by atoms with Crippen LogP contribution < -0.4 is 11.1 Å². The highest BCUT2D eigenvalue weighted by Gasteiger charge is 2.37. The first-order chi connectivity index (χ1) is 6.72. The van der Waals surface area contributed by atoms with Gasteiger partial charge in [0.1, 0.15) is 5.00 Å². The van der Waals surface area contributed by atoms with E-state index in [0.717, 1.165) is 24.4 Å². The monoisotopic (exact) mass is 212 g/mol. The molecule has 14 heavy (non-hydrogen) atoms. The Balaban J connectivity index is 1.94. The molecule has 5 nitrogen and oxygen atoms in total. The van der Waals surface area contributed by atoms with Crippen LogP contribution in [0.3, 0.4) is 0 Å². The molecular formula is C8H12N4OS. The fourth-order valence-electron chi connectivity index (χ4n) is 1.47. The maximum Gasteiger partial charge on any atom is 0.275 e. The molecule has 2 unspecified atom stereocenters. The van der Waals surface area contributed by atoms with Gasteiger partial charge in [-0.05, 0) is 12.3 Å². The zero-order valence-electron chi connectivity index (χ0n) is 7.86. The highest BCUT2D eigenvalue weighted by molar-refractivity contribution is 7.10. The smallest absolute Gasteiger partial charge is 0.275 e. The molecule has 0 aliphatic heterocycles. The number of carbonyl (C=O) groups is 1. The van der Waals surface area contributed by atoms with E-state index in [1.165, 1.54) is 0 Å². The molecule has 1 aliphatic carbocycles. The predicted molar refractivity (Wildman–Crippen MR) is 54.0 cm³/mol. The van der Waals surface area contributed by atoms with Crippen molar-refractivity contribution in [1.29, 1.82) is 0 Å². The number of nitrogens with two attached hydrogens (primary N) is 1. The highest BCUT2D eigenvalue weighted by atomic mass is 32.1. The third-order valence-electron chi connectivity index (χ3n) is 2.49. The lowest BCUT2D eigenvalue weighted by molar-refractivity contribution is 0.0945. The molecule has 76 valence electrons. The largest absolute Gasteiger partial charge is 0.387 e. The summed E-state index contributed by atoms with van der Waals surface area (Å²) in [6.07, 6.45) is 2.18. The molecule has 1 aromatic rings. The first-order valence-electron chi connectivity index (χ1n) is 4.61. The number of anilines is 1. The van der Waals surface area contributed by atoms with Crippen molar-refractivity contribution in [3.63, 3.8) is 0 Å². The number of hydrogen-bond donors (Lipinski definition) is 2. The summed E-state index contributed by atoms with van der Waals surface area (Å²) in [6.45, 7) is 2.12. The summed E-state index contributed by atoms with van der Waals surface area (Å²) in [7, 11) is 0. The number of aromatic nitrogens is 2. The third kappa shape index (κ3) is 1.70. The van der Waals surface area contributed by atoms with Gasteiger partial charge in [0.15, 0.2) is 5.69 Å². The number of carbonyl (C=O) groups excluding carboxylic acids is 1. The number of nitrogens with one attached hydrogen (secondary N) is 1. The molecule has 2 atom stereocenters. The molecule has 1 saturated carbocycles. The van der Waals surface area contributed by atoms with Gasteiger partial charge in [-0.15, -0.1) is 5.10 Å². The van der Waals surface area contributed by atoms with E-state index >= 15 is 0 Å². The summed E-state index contributed by atoms with van der Waals surface area (Å²) < 4.78 is 3.62. The number of nitrogens with zero attached hydrogens (tertiary/aromatic N) is 2. The SMILES string of the molecule is CCC1CC1NC(=O)c1nnsc1N. The van der Waals surface area contributed by atoms with Crippen molar-refractivity contribution in [3.8, 4) is 0 Å². The van der Waals surface area contributed by atoms with Gasteiger partial charge in [-0.3, -0.25) is 4.79 Å². The van der Waals surface area contributed by atoms with Crippen molar-refractivity contribution in [2.75, 3.05) is 5.73 Å². The van der Waals surface area contributed by atoms with Crippen LogP contribution in [0.15, 0.2) is 0 Å². The number of rotatable bonds is 3. The quantitative estimate of drug-likeness (QED) is 0.770. The summed E-state index contributed by atoms with van der Waals surface area (Å²) in [5, 5.41) is 6.95. The first-order valence-corrected chi connectivity index (χ1v) is 5.38. The Morgan fingerprint density at radius 3 is 3.07 bits per heavy atom. The van der Waals surface area contributed by atoms with Gasteiger partial charge in [0.2, 0.25) is 0 Å². The molecule has 6 heteroatoms. The van der Waals surface area contributed by atoms with Crippen molar-refractivity contribution in [2.45, 2.75) is 25.8 Å². The second-order valence-corrected chi connectivity index (χ2v) is 4.26. The minimum absolute atomic E-state index is 0.197. The summed E-state index contributed by atoms with van der Waals surface area (Å²) in [5.41, 5.74) is 5.80. The van der Waals surface area contributed by atoms with Crippen LogP contribution in [0.5, 0.6) is 0 Å². The molecule has 1 amide bonds. The molecule has 0 radical (unpaired) electrons. The second kappa shape index (κ2) is 3.53. The van der Waals surface area contributed by atoms with Crippen LogP contribution >= 0.6 is 11.5 Å². The minimum Gasteiger partial charge on any atom is -0.387 e. The number of nitrogen functional groups attached to an aromatic ring is 1. The van der Waals surface area contributed by atoms with Gasteiger partial charge < -0.3 is 11.1 Å². The van der Waals surface area contributed by atoms with Crippen LogP contribution in [0.2, 0.25) is 0 Å². The average molecular weight is 212 g/mol. The van der Waals surface area contributed by atoms with Gasteiger partial charge in [-0.1, -0.05) is 17.8 Å². The fourth-order valence-corrected chi connectivity index (χ4v) is 1.90. The topological polar surface area (TPSA) is 80.9 Å². The molecule has 2 rings (SSSR count). The van der Waals surface area contributed by atoms with E-state index in [1.54, 1.807) is 0 Å². The van der Waals surface area contributed by atoms with Gasteiger partial charge in [0.25, 0.3) is 5.91 Å². The van der Waals surface area contributed by atoms with Crippen molar-refractivity contribution < 1.29 is 4.79 Å². The minimum atomic E-state index is -0.197. The van der Waals surface area contributed by atoms with Crippen LogP contribution in [0.1, 0.15) is 30.3 Å². The van der Waals surface area contributed by atoms with Crippen LogP contribution in [0, 0.1) is 5.92 Å². The lowest BCUT2D eigenvalue weighted by Crippen LogP contribution is -2.27. The van der Waals surface area contributed by atoms with Gasteiger partial charge >= 0.3 is 0 Å². The van der Waals surface area contributed by atoms with Crippen molar-refractivity contribution >= 4 is 22.4 Å². The molecule has 1 aliphatic rings. The summed E-state index contributed by atoms with van der Waals surface area (Å²) in [5.74, 6) is 0.434. The Morgan fingerprint density at radius 2 is 2.57 bits per heavy atom. The Kier molecular flexibility index (Phi) is 2.37. The van der Waals surface area contributed by atoms with E-state index in [-0.39, 0.29) is 11.6 Å². The normalized spacial score (nSPS) is 24.6. The summed E-state index contributed by atoms with van der Waals surface area (Å²) in [6, 6.07) is 0.314. The lowest BCUT2D eigenvalue weighted by Gasteiger charge is -2.00. The predicted octanol–water partition coefficient (Wildman–Crippen LogP) is 0.649. The fraction of sp³-hybridized carbons (Fsp3) is 0.625. The van der Waals surface area contributed by atoms with Crippen molar-refractivity contribution in [3.05, 3.63) is 5.69 Å². The third-order valence-corrected chi connectivity index (χ3v) is 3.05. The summed E-state index contributed by atoms with van der Waals surface area (Å²) in [4.78, 5) is 11.6. The second-order valence-electron chi connectivity index (χ2n) is 3.47. The Hall–Kier alpha value is -1.17. The molecule has 0 bridgehead atoms. The van der Waals surface area contributed by atoms with E-state index in [1.807, 2.05) is 0 Å². The maximum absolute atomic E-state index is 11.6. The van der Waals surface area contributed by atoms with Crippen LogP contribution in [-0.2, 0) is 0 Å². The van der Waals surface area contributed by atoms with Gasteiger partial charge in [0, 0.05) is 17.6 Å². The van der Waals surface area contributed by atoms with Gasteiger partial charge in [0.05, 0.1) is 0 Å². The Morgan fingerprint density at radius 1 is 1.79 bits per heavy atom. The molecule has 3 N–H and O–H groups in total. The van der Waals surface area contributed by atoms with E-state index in [4.69, 9.17) is 5.73 Å². The van der Waals surface area contributed by atoms with Crippen molar-refractivity contribution in [2.24, 2.45) is 5.92 Å². The maximum atomic E-state index is 11.6. The molecule has 0 spiro atoms. The van der Waals surface area contributed by atoms with E-state index in [9.17, 15) is 4.79 Å². The molecular weight excluding hydrogens is 200 g/mol. The van der Waals surface area contributed by atoms with E-state index < -0.39 is 0 Å². The van der Waals surface area contributed by atoms with Crippen LogP contribution in [0.25, 0.3) is 0 Å². The molecule has 1 fully saturated rings. The first kappa shape index (κ1) is 9.39. The standard InChI is InChI=1S/C8H12N4OS/c1-2-4-3-5(4)10-8(13)6-7(9)14-12-11-6/h4-5H,2-3,9H2,1H3,(H,10,13). The number of amides is 1. The Bertz CT molecular complexity index is 351. The van der Waals surface area contributed by atoms with Gasteiger partial charge in [-0.2, -0.15) is 0 Å². The lowest BCUT2D eigenvalue weighted by atomic mass is 10.3. The van der Waals surface area contributed by atoms with E-state index in [2.05, 4.69) is 21.8 Å². The Labute approximate surface area is 85.9 Å². The number of hydrogen-bond acceptors (Lipinski definition) is 5. The highest BCUT2D eigenvalue weighted by Crippen LogP contribution is 2.33. The van der Waals surface area contributed by atoms with Crippen LogP contribution in [-0.4, -0.2) is 21.5 Å². The summed E-state index contributed by atoms with van der Waals surface area (Å²) >= 11 is 1.04. The zero-order valence-corrected chi connectivity index (χ0v) is 8.67. The zero-order chi connectivity index (χ0) is 10.1. The average Bonchev–Trinajstić information content (AvgIpc) is 2.77. The van der Waals surface area contributed by atoms with Crippen molar-refractivity contribution in [1.82, 2.24) is 14.9 Å². The van der Waals surface area contributed by atoms with Crippen LogP contribution in [0.4, 0.5) is 5.00 Å². The molecule has 1 heterocycles. The molecule has 0 aromatic carbocycles. The van der Waals surface area contributed by atoms with Gasteiger partial charge in [-0.25, -0.2) is 0 Å². The molecule has 0 saturated heterocycles.